The molecule has 0 atom stereocenters. The van der Waals surface area contributed by atoms with Crippen molar-refractivity contribution in [3.63, 3.8) is 0 Å². The summed E-state index contributed by atoms with van der Waals surface area (Å²) in [6.07, 6.45) is 1.10. The molecule has 0 N–H and O–H groups in total. The van der Waals surface area contributed by atoms with Gasteiger partial charge in [0.15, 0.2) is 0 Å². The second kappa shape index (κ2) is 4.66. The van der Waals surface area contributed by atoms with Gasteiger partial charge in [0.05, 0.1) is 24.5 Å². The quantitative estimate of drug-likeness (QED) is 0.632. The van der Waals surface area contributed by atoms with Gasteiger partial charge < -0.3 is 9.47 Å². The Kier molecular flexibility index (Phi) is 3.20. The first-order valence-electron chi connectivity index (χ1n) is 4.93. The number of nitro groups is 1. The van der Waals surface area contributed by atoms with E-state index in [4.69, 9.17) is 21.1 Å². The zero-order valence-corrected chi connectivity index (χ0v) is 10.4. The molecule has 0 aliphatic rings. The number of pyridine rings is 1. The maximum atomic E-state index is 10.8. The lowest BCUT2D eigenvalue weighted by Gasteiger charge is -2.09. The van der Waals surface area contributed by atoms with Gasteiger partial charge in [0.1, 0.15) is 28.2 Å². The molecule has 2 aromatic rings. The van der Waals surface area contributed by atoms with E-state index in [1.807, 2.05) is 0 Å². The van der Waals surface area contributed by atoms with E-state index in [1.54, 1.807) is 12.1 Å². The van der Waals surface area contributed by atoms with Crippen LogP contribution in [0.3, 0.4) is 0 Å². The van der Waals surface area contributed by atoms with Crippen LogP contribution in [0.25, 0.3) is 10.9 Å². The van der Waals surface area contributed by atoms with Crippen molar-refractivity contribution in [1.29, 1.82) is 0 Å². The average Bonchev–Trinajstić information content (AvgIpc) is 2.37. The Hall–Kier alpha value is -2.08. The zero-order valence-electron chi connectivity index (χ0n) is 9.64. The standard InChI is InChI=1S/C11H9ClN2O4/c1-17-7-3-4-8(18-2)11-9(7)10(12)6(5-13-11)14(15)16/h3-5H,1-2H3. The molecular weight excluding hydrogens is 260 g/mol. The van der Waals surface area contributed by atoms with E-state index in [0.717, 1.165) is 6.20 Å². The van der Waals surface area contributed by atoms with E-state index in [9.17, 15) is 10.1 Å². The van der Waals surface area contributed by atoms with E-state index in [-0.39, 0.29) is 10.7 Å². The van der Waals surface area contributed by atoms with Crippen molar-refractivity contribution >= 4 is 28.2 Å². The Morgan fingerprint density at radius 3 is 2.44 bits per heavy atom. The Morgan fingerprint density at radius 2 is 1.89 bits per heavy atom. The molecule has 2 rings (SSSR count). The van der Waals surface area contributed by atoms with Gasteiger partial charge in [0.25, 0.3) is 0 Å². The van der Waals surface area contributed by atoms with Crippen LogP contribution in [0, 0.1) is 10.1 Å². The Labute approximate surface area is 107 Å². The van der Waals surface area contributed by atoms with Crippen molar-refractivity contribution in [2.45, 2.75) is 0 Å². The molecule has 0 fully saturated rings. The minimum absolute atomic E-state index is 0.0132. The predicted octanol–water partition coefficient (Wildman–Crippen LogP) is 2.81. The highest BCUT2D eigenvalue weighted by Gasteiger charge is 2.21. The zero-order chi connectivity index (χ0) is 13.3. The molecule has 0 spiro atoms. The van der Waals surface area contributed by atoms with Crippen LogP contribution in [-0.2, 0) is 0 Å². The molecule has 0 bridgehead atoms. The Bertz CT molecular complexity index is 630. The van der Waals surface area contributed by atoms with Crippen LogP contribution >= 0.6 is 11.6 Å². The van der Waals surface area contributed by atoms with E-state index in [0.29, 0.717) is 22.4 Å². The fraction of sp³-hybridized carbons (Fsp3) is 0.182. The lowest BCUT2D eigenvalue weighted by molar-refractivity contribution is -0.384. The lowest BCUT2D eigenvalue weighted by atomic mass is 10.1. The maximum absolute atomic E-state index is 10.8. The van der Waals surface area contributed by atoms with Gasteiger partial charge >= 0.3 is 5.69 Å². The van der Waals surface area contributed by atoms with E-state index >= 15 is 0 Å². The minimum Gasteiger partial charge on any atom is -0.496 e. The molecule has 0 saturated carbocycles. The number of hydrogen-bond donors (Lipinski definition) is 0. The van der Waals surface area contributed by atoms with E-state index < -0.39 is 4.92 Å². The molecule has 94 valence electrons. The second-order valence-electron chi connectivity index (χ2n) is 3.41. The fourth-order valence-corrected chi connectivity index (χ4v) is 1.97. The normalized spacial score (nSPS) is 10.4. The largest absolute Gasteiger partial charge is 0.496 e. The Morgan fingerprint density at radius 1 is 1.28 bits per heavy atom. The number of nitrogens with zero attached hydrogens (tertiary/aromatic N) is 2. The van der Waals surface area contributed by atoms with Gasteiger partial charge in [-0.05, 0) is 12.1 Å². The third kappa shape index (κ3) is 1.80. The number of ether oxygens (including phenoxy) is 2. The number of rotatable bonds is 3. The highest BCUT2D eigenvalue weighted by Crippen LogP contribution is 2.40. The molecule has 1 heterocycles. The first-order valence-corrected chi connectivity index (χ1v) is 5.31. The predicted molar refractivity (Wildman–Crippen MR) is 66.5 cm³/mol. The van der Waals surface area contributed by atoms with Crippen LogP contribution in [0.1, 0.15) is 0 Å². The SMILES string of the molecule is COc1ccc(OC)c2c(Cl)c([N+](=O)[O-])cnc12. The monoisotopic (exact) mass is 268 g/mol. The lowest BCUT2D eigenvalue weighted by Crippen LogP contribution is -1.96. The molecule has 0 unspecified atom stereocenters. The summed E-state index contributed by atoms with van der Waals surface area (Å²) in [5.74, 6) is 0.884. The third-order valence-corrected chi connectivity index (χ3v) is 2.88. The molecular formula is C11H9ClN2O4. The van der Waals surface area contributed by atoms with Gasteiger partial charge in [0, 0.05) is 0 Å². The number of halogens is 1. The molecule has 0 aliphatic carbocycles. The highest BCUT2D eigenvalue weighted by molar-refractivity contribution is 6.38. The highest BCUT2D eigenvalue weighted by atomic mass is 35.5. The van der Waals surface area contributed by atoms with Crippen molar-refractivity contribution in [3.05, 3.63) is 33.5 Å². The number of methoxy groups -OCH3 is 2. The van der Waals surface area contributed by atoms with Crippen molar-refractivity contribution in [2.24, 2.45) is 0 Å². The van der Waals surface area contributed by atoms with E-state index in [1.165, 1.54) is 14.2 Å². The summed E-state index contributed by atoms with van der Waals surface area (Å²) >= 11 is 6.03. The molecule has 18 heavy (non-hydrogen) atoms. The van der Waals surface area contributed by atoms with Crippen molar-refractivity contribution in [1.82, 2.24) is 4.98 Å². The third-order valence-electron chi connectivity index (χ3n) is 2.50. The van der Waals surface area contributed by atoms with Crippen molar-refractivity contribution < 1.29 is 14.4 Å². The van der Waals surface area contributed by atoms with Gasteiger partial charge in [-0.2, -0.15) is 0 Å². The van der Waals surface area contributed by atoms with Gasteiger partial charge in [-0.15, -0.1) is 0 Å². The maximum Gasteiger partial charge on any atom is 0.306 e. The molecule has 7 heteroatoms. The van der Waals surface area contributed by atoms with Crippen LogP contribution in [0.4, 0.5) is 5.69 Å². The number of fused-ring (bicyclic) bond motifs is 1. The molecule has 6 nitrogen and oxygen atoms in total. The number of hydrogen-bond acceptors (Lipinski definition) is 5. The summed E-state index contributed by atoms with van der Waals surface area (Å²) < 4.78 is 10.3. The van der Waals surface area contributed by atoms with Crippen LogP contribution in [0.15, 0.2) is 18.3 Å². The molecule has 1 aromatic carbocycles. The molecule has 0 radical (unpaired) electrons. The summed E-state index contributed by atoms with van der Waals surface area (Å²) in [6.45, 7) is 0. The molecule has 0 amide bonds. The minimum atomic E-state index is -0.590. The fourth-order valence-electron chi connectivity index (χ4n) is 1.67. The summed E-state index contributed by atoms with van der Waals surface area (Å²) in [5, 5.41) is 11.2. The van der Waals surface area contributed by atoms with Gasteiger partial charge in [-0.1, -0.05) is 11.6 Å². The van der Waals surface area contributed by atoms with Gasteiger partial charge in [-0.25, -0.2) is 4.98 Å². The second-order valence-corrected chi connectivity index (χ2v) is 3.79. The molecule has 1 aromatic heterocycles. The number of aromatic nitrogens is 1. The first kappa shape index (κ1) is 12.4. The van der Waals surface area contributed by atoms with Crippen molar-refractivity contribution in [3.8, 4) is 11.5 Å². The number of benzene rings is 1. The van der Waals surface area contributed by atoms with Crippen molar-refractivity contribution in [2.75, 3.05) is 14.2 Å². The average molecular weight is 269 g/mol. The van der Waals surface area contributed by atoms with Crippen LogP contribution in [-0.4, -0.2) is 24.1 Å². The first-order chi connectivity index (χ1) is 8.60. The molecule has 0 aliphatic heterocycles. The van der Waals surface area contributed by atoms with Crippen LogP contribution in [0.2, 0.25) is 5.02 Å². The summed E-state index contributed by atoms with van der Waals surface area (Å²) in [6, 6.07) is 3.29. The van der Waals surface area contributed by atoms with Gasteiger partial charge in [-0.3, -0.25) is 10.1 Å². The smallest absolute Gasteiger partial charge is 0.306 e. The topological polar surface area (TPSA) is 74.5 Å². The summed E-state index contributed by atoms with van der Waals surface area (Å²) in [7, 11) is 2.94. The summed E-state index contributed by atoms with van der Waals surface area (Å²) in [5.41, 5.74) is 0.156. The van der Waals surface area contributed by atoms with E-state index in [2.05, 4.69) is 4.98 Å². The Balaban J connectivity index is 2.89. The van der Waals surface area contributed by atoms with Gasteiger partial charge in [0.2, 0.25) is 0 Å². The van der Waals surface area contributed by atoms with Crippen LogP contribution < -0.4 is 9.47 Å². The van der Waals surface area contributed by atoms with Crippen LogP contribution in [0.5, 0.6) is 11.5 Å². The molecule has 0 saturated heterocycles. The summed E-state index contributed by atoms with van der Waals surface area (Å²) in [4.78, 5) is 14.3.